The lowest BCUT2D eigenvalue weighted by Gasteiger charge is -2.66. The molecule has 3 atom stereocenters. The zero-order chi connectivity index (χ0) is 11.7. The van der Waals surface area contributed by atoms with Crippen molar-refractivity contribution in [2.45, 2.75) is 76.8 Å². The molecule has 0 radical (unpaired) electrons. The molecule has 0 aromatic heterocycles. The standard InChI is InChI=1S/C13H22O3/c1-10(2)6-5-7-11(3)13(10)9-8-12(4,14-11)15-16-13/h5-9H2,1-4H3. The predicted molar refractivity (Wildman–Crippen MR) is 59.7 cm³/mol. The van der Waals surface area contributed by atoms with E-state index in [1.165, 1.54) is 12.8 Å². The number of hydrogen-bond donors (Lipinski definition) is 0. The van der Waals surface area contributed by atoms with Gasteiger partial charge in [-0.05, 0) is 44.9 Å². The Kier molecular flexibility index (Phi) is 1.94. The number of rotatable bonds is 0. The molecule has 3 heterocycles. The van der Waals surface area contributed by atoms with E-state index in [1.54, 1.807) is 0 Å². The van der Waals surface area contributed by atoms with E-state index >= 15 is 0 Å². The maximum absolute atomic E-state index is 6.24. The van der Waals surface area contributed by atoms with Crippen molar-refractivity contribution in [3.63, 3.8) is 0 Å². The molecule has 3 unspecified atom stereocenters. The van der Waals surface area contributed by atoms with Gasteiger partial charge in [-0.25, -0.2) is 9.78 Å². The summed E-state index contributed by atoms with van der Waals surface area (Å²) in [7, 11) is 0. The Hall–Kier alpha value is -0.120. The van der Waals surface area contributed by atoms with Crippen LogP contribution in [-0.2, 0) is 14.5 Å². The first-order valence-corrected chi connectivity index (χ1v) is 6.40. The second-order valence-corrected chi connectivity index (χ2v) is 6.70. The van der Waals surface area contributed by atoms with Crippen LogP contribution in [0.5, 0.6) is 0 Å². The van der Waals surface area contributed by atoms with Gasteiger partial charge in [0.15, 0.2) is 5.79 Å². The summed E-state index contributed by atoms with van der Waals surface area (Å²) in [5.41, 5.74) is -0.308. The number of hydrogen-bond acceptors (Lipinski definition) is 3. The molecule has 0 N–H and O–H groups in total. The summed E-state index contributed by atoms with van der Waals surface area (Å²) in [6.45, 7) is 8.76. The highest BCUT2D eigenvalue weighted by Crippen LogP contribution is 2.62. The van der Waals surface area contributed by atoms with Crippen molar-refractivity contribution >= 4 is 0 Å². The number of fused-ring (bicyclic) bond motifs is 2. The highest BCUT2D eigenvalue weighted by Gasteiger charge is 2.70. The van der Waals surface area contributed by atoms with Crippen molar-refractivity contribution in [1.82, 2.24) is 0 Å². The molecular formula is C13H22O3. The van der Waals surface area contributed by atoms with Crippen LogP contribution in [0.4, 0.5) is 0 Å². The largest absolute Gasteiger partial charge is 0.338 e. The van der Waals surface area contributed by atoms with Gasteiger partial charge >= 0.3 is 0 Å². The Morgan fingerprint density at radius 3 is 2.19 bits per heavy atom. The second kappa shape index (κ2) is 2.82. The van der Waals surface area contributed by atoms with Gasteiger partial charge in [-0.15, -0.1) is 0 Å². The number of ether oxygens (including phenoxy) is 1. The van der Waals surface area contributed by atoms with Crippen LogP contribution in [-0.4, -0.2) is 17.0 Å². The lowest BCUT2D eigenvalue weighted by Crippen LogP contribution is -2.75. The summed E-state index contributed by atoms with van der Waals surface area (Å²) < 4.78 is 6.24. The Labute approximate surface area is 97.4 Å². The molecule has 92 valence electrons. The Bertz CT molecular complexity index is 315. The topological polar surface area (TPSA) is 27.7 Å². The summed E-state index contributed by atoms with van der Waals surface area (Å²) in [6, 6.07) is 0. The van der Waals surface area contributed by atoms with Gasteiger partial charge in [-0.3, -0.25) is 0 Å². The van der Waals surface area contributed by atoms with Gasteiger partial charge in [0.25, 0.3) is 0 Å². The van der Waals surface area contributed by atoms with Gasteiger partial charge in [-0.1, -0.05) is 13.8 Å². The highest BCUT2D eigenvalue weighted by molar-refractivity contribution is 5.14. The van der Waals surface area contributed by atoms with E-state index in [9.17, 15) is 0 Å². The first kappa shape index (κ1) is 11.0. The summed E-state index contributed by atoms with van der Waals surface area (Å²) >= 11 is 0. The van der Waals surface area contributed by atoms with Crippen LogP contribution in [0.25, 0.3) is 0 Å². The molecule has 0 amide bonds. The molecule has 1 spiro atoms. The summed E-state index contributed by atoms with van der Waals surface area (Å²) in [4.78, 5) is 11.4. The summed E-state index contributed by atoms with van der Waals surface area (Å²) in [5.74, 6) is -0.524. The van der Waals surface area contributed by atoms with Crippen molar-refractivity contribution < 1.29 is 14.5 Å². The maximum atomic E-state index is 6.24. The first-order chi connectivity index (χ1) is 7.33. The zero-order valence-corrected chi connectivity index (χ0v) is 10.8. The van der Waals surface area contributed by atoms with Crippen molar-refractivity contribution in [1.29, 1.82) is 0 Å². The molecule has 0 aromatic rings. The molecule has 16 heavy (non-hydrogen) atoms. The Morgan fingerprint density at radius 1 is 0.812 bits per heavy atom. The van der Waals surface area contributed by atoms with E-state index in [0.29, 0.717) is 0 Å². The van der Waals surface area contributed by atoms with Gasteiger partial charge < -0.3 is 4.74 Å². The monoisotopic (exact) mass is 226 g/mol. The molecule has 0 aromatic carbocycles. The third-order valence-electron chi connectivity index (χ3n) is 5.14. The SMILES string of the molecule is CC12CCC3(OO1)C(C)(C)CCCC3(C)O2. The third kappa shape index (κ3) is 1.09. The van der Waals surface area contributed by atoms with Crippen LogP contribution in [0, 0.1) is 5.41 Å². The average Bonchev–Trinajstić information content (AvgIpc) is 2.15. The minimum atomic E-state index is -0.524. The molecule has 1 aliphatic carbocycles. The van der Waals surface area contributed by atoms with Gasteiger partial charge in [0.05, 0.1) is 0 Å². The molecule has 4 aliphatic rings. The molecule has 3 aliphatic heterocycles. The van der Waals surface area contributed by atoms with Crippen LogP contribution < -0.4 is 0 Å². The third-order valence-corrected chi connectivity index (χ3v) is 5.14. The van der Waals surface area contributed by atoms with Gasteiger partial charge in [0.1, 0.15) is 11.2 Å². The second-order valence-electron chi connectivity index (χ2n) is 6.70. The van der Waals surface area contributed by atoms with Crippen LogP contribution in [0.1, 0.15) is 59.8 Å². The summed E-state index contributed by atoms with van der Waals surface area (Å²) in [5, 5.41) is 0. The van der Waals surface area contributed by atoms with E-state index in [2.05, 4.69) is 20.8 Å². The minimum absolute atomic E-state index is 0.127. The van der Waals surface area contributed by atoms with E-state index in [4.69, 9.17) is 14.5 Å². The summed E-state index contributed by atoms with van der Waals surface area (Å²) in [6.07, 6.45) is 5.46. The van der Waals surface area contributed by atoms with Crippen LogP contribution in [0.2, 0.25) is 0 Å². The average molecular weight is 226 g/mol. The van der Waals surface area contributed by atoms with Crippen molar-refractivity contribution in [2.75, 3.05) is 0 Å². The normalized spacial score (nSPS) is 54.8. The molecule has 2 bridgehead atoms. The molecule has 3 nitrogen and oxygen atoms in total. The van der Waals surface area contributed by atoms with E-state index in [0.717, 1.165) is 19.3 Å². The lowest BCUT2D eigenvalue weighted by molar-refractivity contribution is -0.587. The Morgan fingerprint density at radius 2 is 1.56 bits per heavy atom. The van der Waals surface area contributed by atoms with Crippen LogP contribution in [0.15, 0.2) is 0 Å². The minimum Gasteiger partial charge on any atom is -0.338 e. The molecule has 4 fully saturated rings. The van der Waals surface area contributed by atoms with E-state index in [1.807, 2.05) is 6.92 Å². The van der Waals surface area contributed by atoms with E-state index < -0.39 is 5.79 Å². The van der Waals surface area contributed by atoms with Crippen LogP contribution in [0.3, 0.4) is 0 Å². The first-order valence-electron chi connectivity index (χ1n) is 6.40. The molecule has 4 rings (SSSR count). The quantitative estimate of drug-likeness (QED) is 0.594. The highest BCUT2D eigenvalue weighted by atomic mass is 17.3. The fraction of sp³-hybridized carbons (Fsp3) is 1.00. The van der Waals surface area contributed by atoms with E-state index in [-0.39, 0.29) is 16.6 Å². The smallest absolute Gasteiger partial charge is 0.199 e. The molecule has 3 saturated heterocycles. The predicted octanol–water partition coefficient (Wildman–Crippen LogP) is 3.18. The van der Waals surface area contributed by atoms with Crippen molar-refractivity contribution in [3.05, 3.63) is 0 Å². The van der Waals surface area contributed by atoms with Gasteiger partial charge in [0.2, 0.25) is 0 Å². The fourth-order valence-electron chi connectivity index (χ4n) is 4.11. The zero-order valence-electron chi connectivity index (χ0n) is 10.8. The van der Waals surface area contributed by atoms with Gasteiger partial charge in [-0.2, -0.15) is 0 Å². The fourth-order valence-corrected chi connectivity index (χ4v) is 4.11. The van der Waals surface area contributed by atoms with Crippen molar-refractivity contribution in [2.24, 2.45) is 5.41 Å². The molecular weight excluding hydrogens is 204 g/mol. The van der Waals surface area contributed by atoms with Crippen LogP contribution >= 0.6 is 0 Å². The Balaban J connectivity index is 2.07. The molecule has 3 heteroatoms. The van der Waals surface area contributed by atoms with Gasteiger partial charge in [0, 0.05) is 6.42 Å². The molecule has 1 saturated carbocycles. The van der Waals surface area contributed by atoms with Crippen molar-refractivity contribution in [3.8, 4) is 0 Å². The lowest BCUT2D eigenvalue weighted by atomic mass is 9.55. The maximum Gasteiger partial charge on any atom is 0.199 e.